The van der Waals surface area contributed by atoms with E-state index in [2.05, 4.69) is 52.4 Å². The molecular formula is C83H86Cl3N11O24S. The molecule has 644 valence electrons. The van der Waals surface area contributed by atoms with E-state index >= 15 is 19.2 Å². The summed E-state index contributed by atoms with van der Waals surface area (Å²) >= 11 is 21.4. The number of hydrogen-bond donors (Lipinski definition) is 18. The van der Waals surface area contributed by atoms with Gasteiger partial charge in [-0.25, -0.2) is 4.79 Å². The predicted octanol–water partition coefficient (Wildman–Crippen LogP) is 6.30. The fourth-order valence-corrected chi connectivity index (χ4v) is 16.4. The highest BCUT2D eigenvalue weighted by Crippen LogP contribution is 2.50. The monoisotopic (exact) mass is 1760 g/mol. The van der Waals surface area contributed by atoms with Gasteiger partial charge in [0.1, 0.15) is 89.1 Å². The summed E-state index contributed by atoms with van der Waals surface area (Å²) in [5, 5.41) is 144. The molecule has 0 aliphatic carbocycles. The van der Waals surface area contributed by atoms with Gasteiger partial charge in [-0.3, -0.25) is 33.6 Å². The number of aliphatic hydroxyl groups excluding tert-OH is 5. The van der Waals surface area contributed by atoms with E-state index in [9.17, 15) is 70.2 Å². The average Bonchev–Trinajstić information content (AvgIpc) is 0.764. The van der Waals surface area contributed by atoms with Gasteiger partial charge in [0.2, 0.25) is 64.4 Å². The number of primary amides is 1. The summed E-state index contributed by atoms with van der Waals surface area (Å²) < 4.78 is 40.5. The number of fused-ring (bicyclic) bond motifs is 15. The van der Waals surface area contributed by atoms with Gasteiger partial charge < -0.3 is 122 Å². The summed E-state index contributed by atoms with van der Waals surface area (Å²) in [5.41, 5.74) is 4.37. The molecule has 7 amide bonds. The molecule has 7 aliphatic heterocycles. The largest absolute Gasteiger partial charge is 0.508 e. The van der Waals surface area contributed by atoms with E-state index in [1.54, 1.807) is 32.9 Å². The van der Waals surface area contributed by atoms with Crippen molar-refractivity contribution in [1.29, 1.82) is 0 Å². The number of benzene rings is 7. The number of nitrogens with zero attached hydrogens (tertiary/aromatic N) is 3. The van der Waals surface area contributed by atoms with E-state index in [1.165, 1.54) is 19.1 Å². The van der Waals surface area contributed by atoms with Crippen LogP contribution in [0.5, 0.6) is 51.9 Å². The molecule has 18 atom stereocenters. The summed E-state index contributed by atoms with van der Waals surface area (Å²) in [6.45, 7) is 10.2. The lowest BCUT2D eigenvalue weighted by molar-refractivity contribution is -0.330. The fourth-order valence-electron chi connectivity index (χ4n) is 15.0. The third kappa shape index (κ3) is 19.5. The third-order valence-electron chi connectivity index (χ3n) is 21.5. The summed E-state index contributed by atoms with van der Waals surface area (Å²) in [6, 6.07) is 15.4. The van der Waals surface area contributed by atoms with Crippen LogP contribution in [0.2, 0.25) is 15.1 Å². The first kappa shape index (κ1) is 88.6. The number of amides is 7. The lowest BCUT2D eigenvalue weighted by atomic mass is 9.84. The van der Waals surface area contributed by atoms with Crippen molar-refractivity contribution < 1.29 is 118 Å². The Hall–Kier alpha value is -11.2. The fraction of sp³-hybridized carbons (Fsp3) is 0.361. The molecule has 19 N–H and O–H groups in total. The number of aryl methyl sites for hydroxylation is 1. The molecule has 1 aromatic heterocycles. The molecule has 2 saturated heterocycles. The maximum Gasteiger partial charge on any atom is 0.330 e. The van der Waals surface area contributed by atoms with E-state index < -0.39 is 236 Å². The number of thioether (sulfide) groups is 1. The number of rotatable bonds is 18. The SMILES string of the molecule is Cc1nnc(SCC2OC(Oc3c4cc5cc3Oc3ccc(cc3Cl)[C@@H](O)[C@@H](NC(=O)[C@@H](C)CC(C)C)C(=O)N[C@@H](CC(N)=O)C(=O)N[C@H]5C(=O)NC3C(=O)N[C@H](C(=O)N[C@@H](C(=O)O)c5cc(O)cc(O)c5-c5cc3ccc5O)[C@H](O)c3ccc(c(Cl)c3)O4)C(OC3CC(C)(NCc4ccc(-c5ccc(Cl)cc5)cc4)C(O)C(C)O3)C(O)C2O)nc1O. The molecule has 11 bridgehead atoms. The molecule has 15 rings (SSSR count). The van der Waals surface area contributed by atoms with Gasteiger partial charge in [0.25, 0.3) is 0 Å². The maximum atomic E-state index is 16.3. The minimum Gasteiger partial charge on any atom is -0.508 e. The minimum atomic E-state index is -2.38. The number of halogens is 3. The first-order valence-electron chi connectivity index (χ1n) is 38.4. The number of ether oxygens (including phenoxy) is 6. The maximum absolute atomic E-state index is 16.3. The van der Waals surface area contributed by atoms with Gasteiger partial charge in [0, 0.05) is 58.0 Å². The van der Waals surface area contributed by atoms with E-state index in [1.807, 2.05) is 50.2 Å². The number of carboxylic acid groups (broad SMARTS) is 1. The predicted molar refractivity (Wildman–Crippen MR) is 435 cm³/mol. The highest BCUT2D eigenvalue weighted by Gasteiger charge is 2.53. The molecule has 122 heavy (non-hydrogen) atoms. The second-order valence-electron chi connectivity index (χ2n) is 30.9. The number of phenols is 3. The summed E-state index contributed by atoms with van der Waals surface area (Å²) in [4.78, 5) is 122. The van der Waals surface area contributed by atoms with Gasteiger partial charge in [-0.2, -0.15) is 4.98 Å². The van der Waals surface area contributed by atoms with Crippen molar-refractivity contribution in [2.45, 2.75) is 176 Å². The van der Waals surface area contributed by atoms with Crippen LogP contribution < -0.4 is 57.2 Å². The van der Waals surface area contributed by atoms with E-state index in [0.29, 0.717) is 5.02 Å². The Bertz CT molecular complexity index is 5380. The van der Waals surface area contributed by atoms with Crippen molar-refractivity contribution in [3.63, 3.8) is 0 Å². The summed E-state index contributed by atoms with van der Waals surface area (Å²) in [7, 11) is 0. The number of phenolic OH excluding ortho intramolecular Hbond substituents is 3. The Kier molecular flexibility index (Phi) is 26.7. The number of aromatic nitrogens is 3. The summed E-state index contributed by atoms with van der Waals surface area (Å²) in [6.07, 6.45) is -18.5. The molecule has 2 fully saturated rings. The smallest absolute Gasteiger partial charge is 0.330 e. The number of hydrogen-bond acceptors (Lipinski definition) is 28. The Morgan fingerprint density at radius 3 is 1.91 bits per heavy atom. The highest BCUT2D eigenvalue weighted by molar-refractivity contribution is 7.99. The van der Waals surface area contributed by atoms with Crippen LogP contribution in [0.3, 0.4) is 0 Å². The normalized spacial score (nSPS) is 26.3. The molecule has 8 heterocycles. The van der Waals surface area contributed by atoms with Crippen molar-refractivity contribution in [3.05, 3.63) is 182 Å². The molecule has 8 aromatic rings. The van der Waals surface area contributed by atoms with E-state index in [0.717, 1.165) is 95.2 Å². The van der Waals surface area contributed by atoms with E-state index in [-0.39, 0.29) is 69.4 Å². The average molecular weight is 1760 g/mol. The lowest BCUT2D eigenvalue weighted by Gasteiger charge is -2.48. The van der Waals surface area contributed by atoms with Crippen molar-refractivity contribution >= 4 is 93.9 Å². The lowest BCUT2D eigenvalue weighted by Crippen LogP contribution is -2.65. The standard InChI is InChI=1S/C83H86Cl3N11O24S/c1-33(2)21-34(3)73(107)93-64-66(102)41-14-19-53(48(85)23-41)117-55-25-43-26-56(70(55)121-81-71(69(105)68(104)57(119-81)32-122-82-95-74(108)35(4)96-97-82)120-59-30-83(6,72(106)36(5)116-59)88-31-37-7-9-38(10-8-37)39-11-16-44(84)17-12-39)118-54-20-15-42(24-49(54)86)67(103)65-79(113)92-63(80(114)115)47-27-45(98)28-52(100)60(47)46-22-40(13-18-51(46)99)61(76(110)94-65)91-77(111)62(43)90-75(109)50(29-58(87)101)89-78(64)112/h7-20,22-28,33-34,36,50,57,59,61-69,71-72,81,88,98-100,102-106H,21,29-32H2,1-6H3,(H2,87,101)(H,89,112)(H,90,109)(H,91,111)(H,92,113)(H,93,107)(H,94,110)(H,114,115)(H,95,97,108)/t34-,36?,50-,57?,59?,61?,62+,63+,64+,65-,66+,67+,68?,69?,71?,72?,81?,83?/m0/s1. The zero-order valence-corrected chi connectivity index (χ0v) is 68.8. The molecule has 0 spiro atoms. The Morgan fingerprint density at radius 2 is 1.29 bits per heavy atom. The van der Waals surface area contributed by atoms with Crippen LogP contribution >= 0.6 is 46.6 Å². The molecule has 7 aliphatic rings. The zero-order valence-electron chi connectivity index (χ0n) is 65.7. The Morgan fingerprint density at radius 1 is 0.672 bits per heavy atom. The molecule has 0 saturated carbocycles. The number of aliphatic carboxylic acids is 1. The van der Waals surface area contributed by atoms with Crippen LogP contribution in [0.4, 0.5) is 0 Å². The van der Waals surface area contributed by atoms with Gasteiger partial charge in [-0.1, -0.05) is 122 Å². The number of nitrogens with two attached hydrogens (primary N) is 1. The van der Waals surface area contributed by atoms with Crippen molar-refractivity contribution in [3.8, 4) is 74.1 Å². The number of carbonyl (C=O) groups excluding carboxylic acids is 7. The number of nitrogens with one attached hydrogen (secondary N) is 7. The van der Waals surface area contributed by atoms with Crippen LogP contribution in [0.15, 0.2) is 133 Å². The second kappa shape index (κ2) is 36.8. The molecule has 39 heteroatoms. The Balaban J connectivity index is 1.00. The number of carbonyl (C=O) groups is 8. The van der Waals surface area contributed by atoms with Crippen LogP contribution in [0.1, 0.15) is 123 Å². The molecule has 0 radical (unpaired) electrons. The highest BCUT2D eigenvalue weighted by atomic mass is 35.5. The van der Waals surface area contributed by atoms with Crippen LogP contribution in [-0.4, -0.2) is 192 Å². The number of aromatic hydroxyl groups is 4. The molecule has 35 nitrogen and oxygen atoms in total. The second-order valence-corrected chi connectivity index (χ2v) is 33.1. The number of carboxylic acids is 1. The Labute approximate surface area is 714 Å². The van der Waals surface area contributed by atoms with Crippen molar-refractivity contribution in [2.24, 2.45) is 17.6 Å². The van der Waals surface area contributed by atoms with Gasteiger partial charge in [0.15, 0.2) is 29.9 Å². The number of aliphatic hydroxyl groups is 5. The first-order chi connectivity index (χ1) is 57.9. The van der Waals surface area contributed by atoms with Gasteiger partial charge in [-0.15, -0.1) is 10.2 Å². The van der Waals surface area contributed by atoms with Crippen LogP contribution in [-0.2, 0) is 59.1 Å². The van der Waals surface area contributed by atoms with Crippen LogP contribution in [0, 0.1) is 18.8 Å². The quantitative estimate of drug-likeness (QED) is 0.0419. The first-order valence-corrected chi connectivity index (χ1v) is 40.5. The van der Waals surface area contributed by atoms with Gasteiger partial charge >= 0.3 is 5.97 Å². The van der Waals surface area contributed by atoms with Crippen molar-refractivity contribution in [1.82, 2.24) is 52.4 Å². The third-order valence-corrected chi connectivity index (χ3v) is 23.2. The van der Waals surface area contributed by atoms with Crippen molar-refractivity contribution in [2.75, 3.05) is 5.75 Å². The molecule has 7 aromatic carbocycles. The topological polar surface area (TPSA) is 543 Å². The van der Waals surface area contributed by atoms with E-state index in [4.69, 9.17) is 69.0 Å². The summed E-state index contributed by atoms with van der Waals surface area (Å²) in [5.74, 6) is -17.6. The molecular weight excluding hydrogens is 1670 g/mol. The van der Waals surface area contributed by atoms with Gasteiger partial charge in [-0.05, 0) is 139 Å². The zero-order chi connectivity index (χ0) is 87.8. The van der Waals surface area contributed by atoms with Gasteiger partial charge in [0.05, 0.1) is 34.8 Å². The minimum absolute atomic E-state index is 0.0593. The molecule has 10 unspecified atom stereocenters. The van der Waals surface area contributed by atoms with Crippen LogP contribution in [0.25, 0.3) is 22.3 Å².